The molecule has 0 saturated heterocycles. The van der Waals surface area contributed by atoms with Gasteiger partial charge in [0, 0.05) is 0 Å². The van der Waals surface area contributed by atoms with Gasteiger partial charge >= 0.3 is 0 Å². The lowest BCUT2D eigenvalue weighted by atomic mass is 10.3. The van der Waals surface area contributed by atoms with Crippen LogP contribution in [0.4, 0.5) is 0 Å². The third kappa shape index (κ3) is 6.07. The fourth-order valence-corrected chi connectivity index (χ4v) is 6.36. The average Bonchev–Trinajstić information content (AvgIpc) is 2.69. The number of unbranched alkanes of at least 4 members (excludes halogenated alkanes) is 2. The Kier molecular flexibility index (Phi) is 7.69. The van der Waals surface area contributed by atoms with E-state index in [9.17, 15) is 0 Å². The van der Waals surface area contributed by atoms with Gasteiger partial charge in [0.15, 0.2) is 0 Å². The molecule has 25 heavy (non-hydrogen) atoms. The van der Waals surface area contributed by atoms with Crippen LogP contribution in [0.15, 0.2) is 91.0 Å². The van der Waals surface area contributed by atoms with Gasteiger partial charge in [0.1, 0.15) is 0 Å². The van der Waals surface area contributed by atoms with Crippen molar-refractivity contribution in [2.75, 3.05) is 12.3 Å². The lowest BCUT2D eigenvalue weighted by Gasteiger charge is -2.20. The third-order valence-electron chi connectivity index (χ3n) is 4.23. The summed E-state index contributed by atoms with van der Waals surface area (Å²) in [5, 5.41) is 4.45. The van der Waals surface area contributed by atoms with E-state index >= 15 is 0 Å². The molecule has 0 radical (unpaired) electrons. The van der Waals surface area contributed by atoms with Gasteiger partial charge in [0.25, 0.3) is 0 Å². The summed E-state index contributed by atoms with van der Waals surface area (Å²) in [4.78, 5) is 0. The van der Waals surface area contributed by atoms with E-state index in [1.54, 1.807) is 0 Å². The molecule has 3 rings (SSSR count). The van der Waals surface area contributed by atoms with Crippen LogP contribution in [0.25, 0.3) is 0 Å². The summed E-state index contributed by atoms with van der Waals surface area (Å²) in [5.41, 5.74) is 0. The highest BCUT2D eigenvalue weighted by Crippen LogP contribution is 2.34. The van der Waals surface area contributed by atoms with E-state index in [0.717, 1.165) is 0 Å². The topological polar surface area (TPSA) is 0 Å². The summed E-state index contributed by atoms with van der Waals surface area (Å²) < 4.78 is 0. The van der Waals surface area contributed by atoms with Crippen LogP contribution in [-0.4, -0.2) is 12.3 Å². The highest BCUT2D eigenvalue weighted by atomic mass is 31.1. The summed E-state index contributed by atoms with van der Waals surface area (Å²) in [6.45, 7) is 0. The second kappa shape index (κ2) is 10.5. The largest absolute Gasteiger partial charge is 0.506 e. The monoisotopic (exact) mass is 363 g/mol. The van der Waals surface area contributed by atoms with Crippen LogP contribution in [0, 0.1) is 0 Å². The summed E-state index contributed by atoms with van der Waals surface area (Å²) in [6.07, 6.45) is 6.55. The smallest absolute Gasteiger partial charge is 0.0195 e. The van der Waals surface area contributed by atoms with Crippen LogP contribution >= 0.6 is 16.5 Å². The maximum absolute atomic E-state index is 2.30. The zero-order valence-electron chi connectivity index (χ0n) is 14.6. The first-order valence-corrected chi connectivity index (χ1v) is 11.6. The molecule has 0 saturated carbocycles. The Labute approximate surface area is 155 Å². The van der Waals surface area contributed by atoms with E-state index in [1.807, 2.05) is 0 Å². The molecule has 0 amide bonds. The van der Waals surface area contributed by atoms with Crippen molar-refractivity contribution >= 4 is 32.4 Å². The second-order valence-electron chi connectivity index (χ2n) is 6.10. The van der Waals surface area contributed by atoms with Gasteiger partial charge in [-0.2, -0.15) is 6.16 Å². The maximum atomic E-state index is 2.30. The summed E-state index contributed by atoms with van der Waals surface area (Å²) in [6, 6.07) is 32.9. The zero-order chi connectivity index (χ0) is 17.2. The van der Waals surface area contributed by atoms with Gasteiger partial charge in [0.2, 0.25) is 0 Å². The standard InChI is InChI=1S/C23H25P2/c1-5-13-21(14-6-1)24-19-11-4-12-20-25(22-15-7-2-8-16-22)23-17-9-3-10-18-23/h1-3,5-10,13-18H,4,11-12,19-20H2/q-1. The number of benzene rings is 3. The number of rotatable bonds is 9. The van der Waals surface area contributed by atoms with E-state index in [4.69, 9.17) is 0 Å². The van der Waals surface area contributed by atoms with Crippen LogP contribution in [0.3, 0.4) is 0 Å². The van der Waals surface area contributed by atoms with Gasteiger partial charge in [-0.05, 0) is 31.1 Å². The van der Waals surface area contributed by atoms with Crippen molar-refractivity contribution in [2.24, 2.45) is 0 Å². The molecule has 3 aromatic carbocycles. The van der Waals surface area contributed by atoms with Crippen LogP contribution < -0.4 is 15.9 Å². The summed E-state index contributed by atoms with van der Waals surface area (Å²) in [7, 11) is 1.25. The molecule has 0 spiro atoms. The molecule has 0 N–H and O–H groups in total. The predicted molar refractivity (Wildman–Crippen MR) is 116 cm³/mol. The van der Waals surface area contributed by atoms with Crippen molar-refractivity contribution in [3.63, 3.8) is 0 Å². The number of hydrogen-bond donors (Lipinski definition) is 0. The van der Waals surface area contributed by atoms with Crippen molar-refractivity contribution < 1.29 is 0 Å². The van der Waals surface area contributed by atoms with Crippen LogP contribution in [0.5, 0.6) is 0 Å². The van der Waals surface area contributed by atoms with E-state index in [0.29, 0.717) is 0 Å². The fourth-order valence-electron chi connectivity index (χ4n) is 2.92. The first-order chi connectivity index (χ1) is 12.4. The molecule has 0 unspecified atom stereocenters. The Morgan fingerprint density at radius 3 is 1.64 bits per heavy atom. The highest BCUT2D eigenvalue weighted by molar-refractivity contribution is 7.73. The SMILES string of the molecule is c1ccc([P-]CCCCCP(c2ccccc2)c2ccccc2)cc1. The molecule has 2 heteroatoms. The lowest BCUT2D eigenvalue weighted by molar-refractivity contribution is 0.783. The lowest BCUT2D eigenvalue weighted by Crippen LogP contribution is -2.13. The molecule has 0 atom stereocenters. The van der Waals surface area contributed by atoms with Gasteiger partial charge in [0.05, 0.1) is 0 Å². The normalized spacial score (nSPS) is 11.4. The Morgan fingerprint density at radius 2 is 1.08 bits per heavy atom. The van der Waals surface area contributed by atoms with E-state index in [2.05, 4.69) is 91.0 Å². The van der Waals surface area contributed by atoms with Crippen molar-refractivity contribution in [3.8, 4) is 0 Å². The Balaban J connectivity index is 1.48. The maximum Gasteiger partial charge on any atom is -0.0195 e. The minimum absolute atomic E-state index is 0.218. The fraction of sp³-hybridized carbons (Fsp3) is 0.217. The molecule has 0 nitrogen and oxygen atoms in total. The van der Waals surface area contributed by atoms with Crippen molar-refractivity contribution in [3.05, 3.63) is 91.0 Å². The quantitative estimate of drug-likeness (QED) is 0.345. The first kappa shape index (κ1) is 18.3. The van der Waals surface area contributed by atoms with Gasteiger partial charge in [-0.25, -0.2) is 5.30 Å². The van der Waals surface area contributed by atoms with Crippen molar-refractivity contribution in [1.82, 2.24) is 0 Å². The van der Waals surface area contributed by atoms with Gasteiger partial charge < -0.3 is 8.58 Å². The minimum atomic E-state index is -0.218. The second-order valence-corrected chi connectivity index (χ2v) is 9.72. The molecule has 0 aliphatic rings. The van der Waals surface area contributed by atoms with E-state index in [-0.39, 0.29) is 7.92 Å². The zero-order valence-corrected chi connectivity index (χ0v) is 16.4. The van der Waals surface area contributed by atoms with Crippen LogP contribution in [0.1, 0.15) is 19.3 Å². The Morgan fingerprint density at radius 1 is 0.560 bits per heavy atom. The molecule has 0 aliphatic heterocycles. The van der Waals surface area contributed by atoms with Gasteiger partial charge in [-0.15, -0.1) is 0 Å². The Hall–Kier alpha value is -1.48. The third-order valence-corrected chi connectivity index (χ3v) is 8.04. The molecule has 3 aromatic rings. The molecule has 0 bridgehead atoms. The Bertz CT molecular complexity index is 671. The molecule has 0 aromatic heterocycles. The molecular formula is C23H25P2-. The molecular weight excluding hydrogens is 338 g/mol. The molecule has 128 valence electrons. The molecule has 0 aliphatic carbocycles. The van der Waals surface area contributed by atoms with Gasteiger partial charge in [-0.1, -0.05) is 104 Å². The predicted octanol–water partition coefficient (Wildman–Crippen LogP) is 5.56. The molecule has 0 heterocycles. The number of hydrogen-bond acceptors (Lipinski definition) is 0. The summed E-state index contributed by atoms with van der Waals surface area (Å²) in [5.74, 6) is 0. The molecule has 0 fully saturated rings. The van der Waals surface area contributed by atoms with Crippen molar-refractivity contribution in [2.45, 2.75) is 19.3 Å². The highest BCUT2D eigenvalue weighted by Gasteiger charge is 2.12. The van der Waals surface area contributed by atoms with Crippen LogP contribution in [0.2, 0.25) is 0 Å². The van der Waals surface area contributed by atoms with E-state index in [1.165, 1.54) is 56.1 Å². The average molecular weight is 363 g/mol. The van der Waals surface area contributed by atoms with Crippen molar-refractivity contribution in [1.29, 1.82) is 0 Å². The van der Waals surface area contributed by atoms with E-state index < -0.39 is 0 Å². The minimum Gasteiger partial charge on any atom is -0.506 e. The first-order valence-electron chi connectivity index (χ1n) is 9.04. The van der Waals surface area contributed by atoms with Gasteiger partial charge in [-0.3, -0.25) is 0 Å². The van der Waals surface area contributed by atoms with Crippen LogP contribution in [-0.2, 0) is 0 Å². The summed E-state index contributed by atoms with van der Waals surface area (Å²) >= 11 is 0.